The molecule has 0 radical (unpaired) electrons. The number of alkyl halides is 3. The van der Waals surface area contributed by atoms with E-state index in [9.17, 15) is 27.6 Å². The van der Waals surface area contributed by atoms with Gasteiger partial charge in [-0.1, -0.05) is 23.2 Å². The Balaban J connectivity index is 1.61. The van der Waals surface area contributed by atoms with Crippen molar-refractivity contribution in [3.05, 3.63) is 63.3 Å². The van der Waals surface area contributed by atoms with E-state index in [0.717, 1.165) is 0 Å². The van der Waals surface area contributed by atoms with Gasteiger partial charge in [-0.3, -0.25) is 19.0 Å². The van der Waals surface area contributed by atoms with Crippen molar-refractivity contribution in [2.24, 2.45) is 5.92 Å². The minimum Gasteiger partial charge on any atom is -0.469 e. The normalized spacial score (nSPS) is 14.6. The van der Waals surface area contributed by atoms with E-state index in [4.69, 9.17) is 27.9 Å². The Bertz CT molecular complexity index is 1410. The third kappa shape index (κ3) is 5.76. The van der Waals surface area contributed by atoms with Crippen molar-refractivity contribution in [2.75, 3.05) is 20.2 Å². The third-order valence-corrected chi connectivity index (χ3v) is 7.23. The van der Waals surface area contributed by atoms with E-state index >= 15 is 0 Å². The number of rotatable bonds is 5. The molecule has 12 heteroatoms. The van der Waals surface area contributed by atoms with Gasteiger partial charge in [-0.2, -0.15) is 0 Å². The highest BCUT2D eigenvalue weighted by Gasteiger charge is 2.32. The van der Waals surface area contributed by atoms with Gasteiger partial charge in [0, 0.05) is 31.1 Å². The summed E-state index contributed by atoms with van der Waals surface area (Å²) in [6, 6.07) is 6.67. The molecule has 0 unspecified atom stereocenters. The van der Waals surface area contributed by atoms with Crippen LogP contribution in [-0.2, 0) is 9.53 Å². The fraction of sp³-hybridized carbons (Fsp3) is 0.346. The number of aryl methyl sites for hydroxylation is 1. The molecule has 0 N–H and O–H groups in total. The van der Waals surface area contributed by atoms with Gasteiger partial charge in [0.15, 0.2) is 0 Å². The molecule has 0 spiro atoms. The standard InChI is InChI=1S/C26H23Cl2F3N2O5/c1-14-11-17(38-26(29,30)31)13-16-7-10-33(23(14)16)25(36)21-19(27)4-3-18(22(21)28)24(35)32-8-5-15(6-9-32)12-20(34)37-2/h3-4,7,10-11,13,15H,5-6,8-9,12H2,1-2H3. The maximum absolute atomic E-state index is 13.6. The van der Waals surface area contributed by atoms with Crippen LogP contribution >= 0.6 is 23.2 Å². The van der Waals surface area contributed by atoms with Gasteiger partial charge in [-0.15, -0.1) is 13.2 Å². The van der Waals surface area contributed by atoms with Crippen LogP contribution in [0.3, 0.4) is 0 Å². The molecule has 0 bridgehead atoms. The van der Waals surface area contributed by atoms with Crippen LogP contribution in [0.15, 0.2) is 36.5 Å². The quantitative estimate of drug-likeness (QED) is 0.338. The molecule has 1 aliphatic heterocycles. The first-order valence-corrected chi connectivity index (χ1v) is 12.4. The zero-order valence-electron chi connectivity index (χ0n) is 20.4. The van der Waals surface area contributed by atoms with E-state index in [0.29, 0.717) is 42.4 Å². The second kappa shape index (κ2) is 10.9. The number of ether oxygens (including phenoxy) is 2. The molecule has 0 aliphatic carbocycles. The number of hydrogen-bond acceptors (Lipinski definition) is 5. The molecule has 1 aromatic heterocycles. The SMILES string of the molecule is COC(=O)CC1CCN(C(=O)c2ccc(Cl)c(C(=O)n3ccc4cc(OC(F)(F)F)cc(C)c43)c2Cl)CC1. The van der Waals surface area contributed by atoms with Crippen molar-refractivity contribution in [1.29, 1.82) is 0 Å². The van der Waals surface area contributed by atoms with E-state index in [1.807, 2.05) is 0 Å². The van der Waals surface area contributed by atoms with Crippen LogP contribution < -0.4 is 4.74 Å². The lowest BCUT2D eigenvalue weighted by atomic mass is 9.93. The number of nitrogens with zero attached hydrogens (tertiary/aromatic N) is 2. The van der Waals surface area contributed by atoms with Gasteiger partial charge in [-0.05, 0) is 61.6 Å². The predicted molar refractivity (Wildman–Crippen MR) is 135 cm³/mol. The van der Waals surface area contributed by atoms with Crippen molar-refractivity contribution >= 4 is 51.9 Å². The number of carbonyl (C=O) groups excluding carboxylic acids is 3. The van der Waals surface area contributed by atoms with Crippen molar-refractivity contribution in [1.82, 2.24) is 9.47 Å². The molecule has 0 atom stereocenters. The summed E-state index contributed by atoms with van der Waals surface area (Å²) >= 11 is 12.9. The summed E-state index contributed by atoms with van der Waals surface area (Å²) in [4.78, 5) is 40.0. The fourth-order valence-corrected chi connectivity index (χ4v) is 5.30. The van der Waals surface area contributed by atoms with Crippen LogP contribution in [0.4, 0.5) is 13.2 Å². The van der Waals surface area contributed by atoms with Crippen LogP contribution in [0, 0.1) is 12.8 Å². The summed E-state index contributed by atoms with van der Waals surface area (Å²) in [5.74, 6) is -1.62. The van der Waals surface area contributed by atoms with Gasteiger partial charge in [-0.25, -0.2) is 0 Å². The molecular formula is C26H23Cl2F3N2O5. The van der Waals surface area contributed by atoms with Gasteiger partial charge in [0.25, 0.3) is 11.8 Å². The van der Waals surface area contributed by atoms with Crippen LogP contribution in [0.5, 0.6) is 5.75 Å². The Morgan fingerprint density at radius 3 is 2.37 bits per heavy atom. The van der Waals surface area contributed by atoms with Crippen LogP contribution in [0.2, 0.25) is 10.0 Å². The molecule has 2 aromatic carbocycles. The lowest BCUT2D eigenvalue weighted by molar-refractivity contribution is -0.274. The van der Waals surface area contributed by atoms with E-state index in [-0.39, 0.29) is 45.4 Å². The molecule has 2 heterocycles. The van der Waals surface area contributed by atoms with Crippen LogP contribution in [-0.4, -0.2) is 53.8 Å². The Morgan fingerprint density at radius 2 is 1.74 bits per heavy atom. The fourth-order valence-electron chi connectivity index (χ4n) is 4.68. The van der Waals surface area contributed by atoms with Crippen molar-refractivity contribution < 1.29 is 37.0 Å². The number of benzene rings is 2. The number of piperidine rings is 1. The minimum absolute atomic E-state index is 0.0184. The molecule has 1 amide bonds. The summed E-state index contributed by atoms with van der Waals surface area (Å²) in [5, 5.41) is 0.234. The number of amides is 1. The Labute approximate surface area is 226 Å². The summed E-state index contributed by atoms with van der Waals surface area (Å²) in [6.45, 7) is 2.36. The largest absolute Gasteiger partial charge is 0.573 e. The first-order valence-electron chi connectivity index (χ1n) is 11.7. The van der Waals surface area contributed by atoms with Gasteiger partial charge in [0.05, 0.1) is 33.8 Å². The Kier molecular flexibility index (Phi) is 7.94. The molecule has 0 saturated carbocycles. The smallest absolute Gasteiger partial charge is 0.469 e. The number of halogens is 5. The highest BCUT2D eigenvalue weighted by atomic mass is 35.5. The summed E-state index contributed by atoms with van der Waals surface area (Å²) < 4.78 is 48.0. The first kappa shape index (κ1) is 27.8. The maximum Gasteiger partial charge on any atom is 0.573 e. The van der Waals surface area contributed by atoms with Crippen LogP contribution in [0.25, 0.3) is 10.9 Å². The van der Waals surface area contributed by atoms with Crippen molar-refractivity contribution in [2.45, 2.75) is 32.5 Å². The average molecular weight is 571 g/mol. The van der Waals surface area contributed by atoms with E-state index in [2.05, 4.69) is 4.74 Å². The monoisotopic (exact) mass is 570 g/mol. The molecular weight excluding hydrogens is 548 g/mol. The molecule has 3 aromatic rings. The van der Waals surface area contributed by atoms with E-state index in [1.54, 1.807) is 11.8 Å². The Morgan fingerprint density at radius 1 is 1.05 bits per heavy atom. The number of hydrogen-bond donors (Lipinski definition) is 0. The molecule has 7 nitrogen and oxygen atoms in total. The van der Waals surface area contributed by atoms with Gasteiger partial charge in [0.1, 0.15) is 5.75 Å². The molecule has 202 valence electrons. The topological polar surface area (TPSA) is 77.8 Å². The number of esters is 1. The van der Waals surface area contributed by atoms with Gasteiger partial charge < -0.3 is 14.4 Å². The molecule has 38 heavy (non-hydrogen) atoms. The molecule has 4 rings (SSSR count). The second-order valence-electron chi connectivity index (χ2n) is 9.02. The van der Waals surface area contributed by atoms with Gasteiger partial charge >= 0.3 is 12.3 Å². The number of fused-ring (bicyclic) bond motifs is 1. The predicted octanol–water partition coefficient (Wildman–Crippen LogP) is 6.26. The molecule has 1 saturated heterocycles. The summed E-state index contributed by atoms with van der Waals surface area (Å²) in [7, 11) is 1.33. The van der Waals surface area contributed by atoms with Crippen molar-refractivity contribution in [3.8, 4) is 5.75 Å². The summed E-state index contributed by atoms with van der Waals surface area (Å²) in [5.41, 5.74) is 0.697. The molecule has 1 aliphatic rings. The first-order chi connectivity index (χ1) is 17.9. The zero-order chi connectivity index (χ0) is 27.8. The molecule has 1 fully saturated rings. The zero-order valence-corrected chi connectivity index (χ0v) is 21.9. The highest BCUT2D eigenvalue weighted by molar-refractivity contribution is 6.41. The number of carbonyl (C=O) groups is 3. The second-order valence-corrected chi connectivity index (χ2v) is 9.80. The van der Waals surface area contributed by atoms with E-state index < -0.39 is 18.0 Å². The number of likely N-dealkylation sites (tertiary alicyclic amines) is 1. The minimum atomic E-state index is -4.86. The third-order valence-electron chi connectivity index (χ3n) is 6.52. The van der Waals surface area contributed by atoms with Crippen molar-refractivity contribution in [3.63, 3.8) is 0 Å². The highest BCUT2D eigenvalue weighted by Crippen LogP contribution is 2.34. The average Bonchev–Trinajstić information content (AvgIpc) is 3.27. The van der Waals surface area contributed by atoms with E-state index in [1.165, 1.54) is 48.2 Å². The number of methoxy groups -OCH3 is 1. The number of aromatic nitrogens is 1. The maximum atomic E-state index is 13.6. The summed E-state index contributed by atoms with van der Waals surface area (Å²) in [6.07, 6.45) is -1.94. The lowest BCUT2D eigenvalue weighted by Crippen LogP contribution is -2.39. The van der Waals surface area contributed by atoms with Crippen LogP contribution in [0.1, 0.15) is 45.5 Å². The lowest BCUT2D eigenvalue weighted by Gasteiger charge is -2.32. The Hall–Kier alpha value is -3.24. The van der Waals surface area contributed by atoms with Gasteiger partial charge in [0.2, 0.25) is 0 Å².